The summed E-state index contributed by atoms with van der Waals surface area (Å²) in [6, 6.07) is 15.4. The Balaban J connectivity index is 1.53. The van der Waals surface area contributed by atoms with Crippen LogP contribution in [0.15, 0.2) is 48.5 Å². The molecule has 4 rings (SSSR count). The van der Waals surface area contributed by atoms with Crippen molar-refractivity contribution in [1.29, 1.82) is 0 Å². The van der Waals surface area contributed by atoms with Crippen molar-refractivity contribution in [1.82, 2.24) is 14.5 Å². The third-order valence-corrected chi connectivity index (χ3v) is 5.45. The number of para-hydroxylation sites is 2. The largest absolute Gasteiger partial charge is 0.353 e. The standard InChI is InChI=1S/C23H29FN4/c1-17(2)15-27-13-11-20(12-14-27)25-23-26-21-5-3-4-6-22(21)28(23)16-18-7-9-19(24)10-8-18/h3-10,17,20H,11-16H2,1-2H3,(H,25,26). The van der Waals surface area contributed by atoms with Gasteiger partial charge in [0.2, 0.25) is 5.95 Å². The third-order valence-electron chi connectivity index (χ3n) is 5.45. The first kappa shape index (κ1) is 18.9. The summed E-state index contributed by atoms with van der Waals surface area (Å²) in [5.74, 6) is 1.42. The maximum atomic E-state index is 13.3. The first-order chi connectivity index (χ1) is 13.6. The molecule has 3 aromatic rings. The van der Waals surface area contributed by atoms with Gasteiger partial charge in [-0.3, -0.25) is 0 Å². The molecule has 2 heterocycles. The van der Waals surface area contributed by atoms with Crippen LogP contribution in [-0.4, -0.2) is 40.1 Å². The number of anilines is 1. The molecular weight excluding hydrogens is 351 g/mol. The van der Waals surface area contributed by atoms with Crippen molar-refractivity contribution in [2.24, 2.45) is 5.92 Å². The van der Waals surface area contributed by atoms with Crippen molar-refractivity contribution in [3.05, 3.63) is 59.9 Å². The van der Waals surface area contributed by atoms with Crippen LogP contribution < -0.4 is 5.32 Å². The Bertz CT molecular complexity index is 908. The van der Waals surface area contributed by atoms with E-state index in [4.69, 9.17) is 4.98 Å². The summed E-state index contributed by atoms with van der Waals surface area (Å²) in [6.45, 7) is 8.68. The number of hydrogen-bond donors (Lipinski definition) is 1. The second kappa shape index (κ2) is 8.31. The number of imidazole rings is 1. The lowest BCUT2D eigenvalue weighted by Gasteiger charge is -2.33. The van der Waals surface area contributed by atoms with Gasteiger partial charge in [0.05, 0.1) is 17.6 Å². The van der Waals surface area contributed by atoms with Gasteiger partial charge in [-0.25, -0.2) is 9.37 Å². The molecule has 0 unspecified atom stereocenters. The minimum absolute atomic E-state index is 0.203. The molecule has 1 aliphatic heterocycles. The smallest absolute Gasteiger partial charge is 0.204 e. The molecule has 0 aliphatic carbocycles. The van der Waals surface area contributed by atoms with Crippen LogP contribution in [0.4, 0.5) is 10.3 Å². The molecule has 0 spiro atoms. The number of fused-ring (bicyclic) bond motifs is 1. The van der Waals surface area contributed by atoms with Crippen LogP contribution in [0.3, 0.4) is 0 Å². The van der Waals surface area contributed by atoms with Crippen molar-refractivity contribution < 1.29 is 4.39 Å². The van der Waals surface area contributed by atoms with Crippen LogP contribution in [0.25, 0.3) is 11.0 Å². The zero-order chi connectivity index (χ0) is 19.5. The lowest BCUT2D eigenvalue weighted by atomic mass is 10.0. The van der Waals surface area contributed by atoms with Crippen molar-refractivity contribution in [2.45, 2.75) is 39.3 Å². The minimum atomic E-state index is -0.203. The molecule has 1 N–H and O–H groups in total. The van der Waals surface area contributed by atoms with Gasteiger partial charge in [0, 0.05) is 25.7 Å². The van der Waals surface area contributed by atoms with E-state index in [-0.39, 0.29) is 5.82 Å². The van der Waals surface area contributed by atoms with E-state index in [9.17, 15) is 4.39 Å². The van der Waals surface area contributed by atoms with Gasteiger partial charge >= 0.3 is 0 Å². The van der Waals surface area contributed by atoms with E-state index in [1.807, 2.05) is 30.3 Å². The monoisotopic (exact) mass is 380 g/mol. The molecule has 0 saturated carbocycles. The van der Waals surface area contributed by atoms with E-state index in [0.717, 1.165) is 48.5 Å². The lowest BCUT2D eigenvalue weighted by molar-refractivity contribution is 0.197. The molecule has 0 bridgehead atoms. The van der Waals surface area contributed by atoms with Gasteiger partial charge in [0.15, 0.2) is 0 Å². The maximum Gasteiger partial charge on any atom is 0.204 e. The molecule has 4 nitrogen and oxygen atoms in total. The van der Waals surface area contributed by atoms with Crippen LogP contribution in [0.1, 0.15) is 32.3 Å². The Morgan fingerprint density at radius 2 is 1.79 bits per heavy atom. The molecule has 5 heteroatoms. The highest BCUT2D eigenvalue weighted by Crippen LogP contribution is 2.24. The predicted octanol–water partition coefficient (Wildman–Crippen LogP) is 4.76. The van der Waals surface area contributed by atoms with E-state index in [0.29, 0.717) is 18.5 Å². The van der Waals surface area contributed by atoms with E-state index >= 15 is 0 Å². The Morgan fingerprint density at radius 1 is 1.07 bits per heavy atom. The Morgan fingerprint density at radius 3 is 2.50 bits per heavy atom. The summed E-state index contributed by atoms with van der Waals surface area (Å²) in [4.78, 5) is 7.41. The van der Waals surface area contributed by atoms with Crippen molar-refractivity contribution in [3.8, 4) is 0 Å². The summed E-state index contributed by atoms with van der Waals surface area (Å²) in [6.07, 6.45) is 2.26. The summed E-state index contributed by atoms with van der Waals surface area (Å²) < 4.78 is 15.5. The normalized spacial score (nSPS) is 16.1. The lowest BCUT2D eigenvalue weighted by Crippen LogP contribution is -2.41. The SMILES string of the molecule is CC(C)CN1CCC(Nc2nc3ccccc3n2Cc2ccc(F)cc2)CC1. The van der Waals surface area contributed by atoms with Crippen LogP contribution in [0, 0.1) is 11.7 Å². The molecule has 0 amide bonds. The van der Waals surface area contributed by atoms with Gasteiger partial charge in [0.25, 0.3) is 0 Å². The van der Waals surface area contributed by atoms with Crippen LogP contribution >= 0.6 is 0 Å². The zero-order valence-corrected chi connectivity index (χ0v) is 16.7. The van der Waals surface area contributed by atoms with Gasteiger partial charge in [-0.15, -0.1) is 0 Å². The van der Waals surface area contributed by atoms with Gasteiger partial charge < -0.3 is 14.8 Å². The van der Waals surface area contributed by atoms with Crippen molar-refractivity contribution in [2.75, 3.05) is 25.0 Å². The average Bonchev–Trinajstić information content (AvgIpc) is 3.02. The molecule has 0 atom stereocenters. The van der Waals surface area contributed by atoms with E-state index in [2.05, 4.69) is 34.7 Å². The van der Waals surface area contributed by atoms with Crippen LogP contribution in [0.5, 0.6) is 0 Å². The van der Waals surface area contributed by atoms with Gasteiger partial charge in [-0.1, -0.05) is 38.1 Å². The fourth-order valence-corrected chi connectivity index (χ4v) is 4.08. The number of hydrogen-bond acceptors (Lipinski definition) is 3. The molecule has 1 saturated heterocycles. The van der Waals surface area contributed by atoms with Crippen LogP contribution in [0.2, 0.25) is 0 Å². The fourth-order valence-electron chi connectivity index (χ4n) is 4.08. The number of aromatic nitrogens is 2. The fraction of sp³-hybridized carbons (Fsp3) is 0.435. The number of nitrogens with one attached hydrogen (secondary N) is 1. The summed E-state index contributed by atoms with van der Waals surface area (Å²) in [5.41, 5.74) is 3.16. The Labute approximate surface area is 166 Å². The number of rotatable bonds is 6. The molecule has 1 aliphatic rings. The van der Waals surface area contributed by atoms with Crippen molar-refractivity contribution >= 4 is 17.0 Å². The van der Waals surface area contributed by atoms with E-state index in [1.165, 1.54) is 18.7 Å². The van der Waals surface area contributed by atoms with Crippen molar-refractivity contribution in [3.63, 3.8) is 0 Å². The Hall–Kier alpha value is -2.40. The van der Waals surface area contributed by atoms with Gasteiger partial charge in [0.1, 0.15) is 5.82 Å². The summed E-state index contributed by atoms with van der Waals surface area (Å²) in [7, 11) is 0. The second-order valence-corrected chi connectivity index (χ2v) is 8.25. The molecule has 0 radical (unpaired) electrons. The highest BCUT2D eigenvalue weighted by Gasteiger charge is 2.21. The third kappa shape index (κ3) is 4.36. The highest BCUT2D eigenvalue weighted by molar-refractivity contribution is 5.78. The molecule has 28 heavy (non-hydrogen) atoms. The first-order valence-corrected chi connectivity index (χ1v) is 10.3. The summed E-state index contributed by atoms with van der Waals surface area (Å²) >= 11 is 0. The zero-order valence-electron chi connectivity index (χ0n) is 16.7. The molecule has 1 aromatic heterocycles. The second-order valence-electron chi connectivity index (χ2n) is 8.25. The topological polar surface area (TPSA) is 33.1 Å². The summed E-state index contributed by atoms with van der Waals surface area (Å²) in [5, 5.41) is 3.70. The number of piperidine rings is 1. The van der Waals surface area contributed by atoms with Crippen LogP contribution in [-0.2, 0) is 6.54 Å². The van der Waals surface area contributed by atoms with Gasteiger partial charge in [-0.2, -0.15) is 0 Å². The predicted molar refractivity (Wildman–Crippen MR) is 113 cm³/mol. The average molecular weight is 381 g/mol. The highest BCUT2D eigenvalue weighted by atomic mass is 19.1. The van der Waals surface area contributed by atoms with Gasteiger partial charge in [-0.05, 0) is 48.6 Å². The molecular formula is C23H29FN4. The quantitative estimate of drug-likeness (QED) is 0.670. The first-order valence-electron chi connectivity index (χ1n) is 10.3. The number of likely N-dealkylation sites (tertiary alicyclic amines) is 1. The molecule has 2 aromatic carbocycles. The molecule has 1 fully saturated rings. The number of benzene rings is 2. The number of halogens is 1. The molecule has 148 valence electrons. The van der Waals surface area contributed by atoms with E-state index in [1.54, 1.807) is 0 Å². The minimum Gasteiger partial charge on any atom is -0.353 e. The maximum absolute atomic E-state index is 13.3. The number of nitrogens with zero attached hydrogens (tertiary/aromatic N) is 3. The Kier molecular flexibility index (Phi) is 5.62. The van der Waals surface area contributed by atoms with E-state index < -0.39 is 0 Å².